The van der Waals surface area contributed by atoms with E-state index in [1.807, 2.05) is 0 Å². The average Bonchev–Trinajstić information content (AvgIpc) is 2.45. The molecule has 0 amide bonds. The minimum absolute atomic E-state index is 0.169. The monoisotopic (exact) mass is 308 g/mol. The maximum Gasteiger partial charge on any atom is 0.274 e. The molecule has 0 bridgehead atoms. The van der Waals surface area contributed by atoms with Crippen LogP contribution in [0.4, 0.5) is 0 Å². The Morgan fingerprint density at radius 2 is 2.43 bits per heavy atom. The molecule has 0 aliphatic rings. The summed E-state index contributed by atoms with van der Waals surface area (Å²) in [4.78, 5) is 14.0. The summed E-state index contributed by atoms with van der Waals surface area (Å²) in [7, 11) is 0. The number of terminal acetylenes is 1. The van der Waals surface area contributed by atoms with Crippen molar-refractivity contribution in [3.8, 4) is 18.1 Å². The molecule has 0 fully saturated rings. The van der Waals surface area contributed by atoms with Gasteiger partial charge in [0.1, 0.15) is 5.75 Å². The van der Waals surface area contributed by atoms with Gasteiger partial charge in [-0.3, -0.25) is 15.1 Å². The number of rotatable bonds is 9. The smallest absolute Gasteiger partial charge is 0.274 e. The molecule has 0 aliphatic carbocycles. The molecule has 1 rings (SSSR count). The molecule has 0 aliphatic heterocycles. The maximum atomic E-state index is 10.4. The Bertz CT molecular complexity index is 542. The van der Waals surface area contributed by atoms with Gasteiger partial charge in [0.2, 0.25) is 0 Å². The molecule has 1 aromatic heterocycles. The highest BCUT2D eigenvalue weighted by Gasteiger charge is 2.03. The van der Waals surface area contributed by atoms with Crippen LogP contribution < -0.4 is 10.6 Å². The highest BCUT2D eigenvalue weighted by atomic mass is 32.2. The zero-order chi connectivity index (χ0) is 15.5. The summed E-state index contributed by atoms with van der Waals surface area (Å²) in [6.45, 7) is 0.733. The lowest BCUT2D eigenvalue weighted by molar-refractivity contribution is -0.404. The molecule has 0 saturated heterocycles. The van der Waals surface area contributed by atoms with Gasteiger partial charge in [-0.05, 0) is 12.1 Å². The number of pyridine rings is 1. The summed E-state index contributed by atoms with van der Waals surface area (Å²) in [5, 5.41) is 25.6. The molecule has 8 heteroatoms. The van der Waals surface area contributed by atoms with E-state index >= 15 is 0 Å². The highest BCUT2D eigenvalue weighted by molar-refractivity contribution is 7.98. The Balaban J connectivity index is 2.30. The van der Waals surface area contributed by atoms with Gasteiger partial charge in [-0.1, -0.05) is 5.92 Å². The third-order valence-corrected chi connectivity index (χ3v) is 3.25. The molecule has 0 aromatic carbocycles. The molecule has 0 saturated carbocycles. The molecule has 0 atom stereocenters. The SMILES string of the molecule is C#CCNC(=C[N+](=O)[O-])NCCSCc1ncccc1O. The number of nitrogens with one attached hydrogen (secondary N) is 2. The second-order valence-corrected chi connectivity index (χ2v) is 4.94. The number of nitrogens with zero attached hydrogens (tertiary/aromatic N) is 2. The highest BCUT2D eigenvalue weighted by Crippen LogP contribution is 2.18. The zero-order valence-electron chi connectivity index (χ0n) is 11.3. The predicted molar refractivity (Wildman–Crippen MR) is 82.0 cm³/mol. The standard InChI is InChI=1S/C13H16N4O3S/c1-2-5-15-13(9-17(19)20)16-7-8-21-10-11-12(18)4-3-6-14-11/h1,3-4,6,9,15-16,18H,5,7-8,10H2. The van der Waals surface area contributed by atoms with E-state index in [0.717, 1.165) is 6.20 Å². The van der Waals surface area contributed by atoms with Crippen molar-refractivity contribution in [2.45, 2.75) is 5.75 Å². The van der Waals surface area contributed by atoms with Crippen molar-refractivity contribution in [1.82, 2.24) is 15.6 Å². The van der Waals surface area contributed by atoms with Crippen molar-refractivity contribution in [1.29, 1.82) is 0 Å². The van der Waals surface area contributed by atoms with E-state index in [-0.39, 0.29) is 18.1 Å². The number of hydrogen-bond acceptors (Lipinski definition) is 7. The first kappa shape index (κ1) is 16.7. The van der Waals surface area contributed by atoms with Crippen molar-refractivity contribution in [3.63, 3.8) is 0 Å². The van der Waals surface area contributed by atoms with E-state index in [2.05, 4.69) is 21.5 Å². The van der Waals surface area contributed by atoms with E-state index in [9.17, 15) is 15.2 Å². The van der Waals surface area contributed by atoms with Crippen molar-refractivity contribution >= 4 is 11.8 Å². The molecular formula is C13H16N4O3S. The van der Waals surface area contributed by atoms with Gasteiger partial charge in [0, 0.05) is 24.2 Å². The van der Waals surface area contributed by atoms with Crippen LogP contribution in [0.3, 0.4) is 0 Å². The number of nitro groups is 1. The quantitative estimate of drug-likeness (QED) is 0.270. The lowest BCUT2D eigenvalue weighted by atomic mass is 10.3. The number of aromatic hydroxyl groups is 1. The fourth-order valence-electron chi connectivity index (χ4n) is 1.37. The van der Waals surface area contributed by atoms with Crippen LogP contribution in [0, 0.1) is 22.5 Å². The van der Waals surface area contributed by atoms with Gasteiger partial charge in [-0.25, -0.2) is 0 Å². The molecule has 1 aromatic rings. The first-order valence-corrected chi connectivity index (χ1v) is 7.26. The van der Waals surface area contributed by atoms with Crippen LogP contribution in [0.1, 0.15) is 5.69 Å². The Hall–Kier alpha value is -2.40. The fourth-order valence-corrected chi connectivity index (χ4v) is 2.18. The van der Waals surface area contributed by atoms with Crippen LogP contribution in [0.2, 0.25) is 0 Å². The summed E-state index contributed by atoms with van der Waals surface area (Å²) in [5.74, 6) is 4.06. The molecule has 0 unspecified atom stereocenters. The molecule has 0 radical (unpaired) electrons. The molecule has 112 valence electrons. The van der Waals surface area contributed by atoms with Gasteiger partial charge in [0.25, 0.3) is 6.20 Å². The molecule has 7 nitrogen and oxygen atoms in total. The first-order valence-electron chi connectivity index (χ1n) is 6.10. The molecule has 21 heavy (non-hydrogen) atoms. The van der Waals surface area contributed by atoms with Gasteiger partial charge < -0.3 is 15.7 Å². The van der Waals surface area contributed by atoms with Crippen molar-refractivity contribution in [2.24, 2.45) is 0 Å². The summed E-state index contributed by atoms with van der Waals surface area (Å²) >= 11 is 1.56. The summed E-state index contributed by atoms with van der Waals surface area (Å²) < 4.78 is 0. The zero-order valence-corrected chi connectivity index (χ0v) is 12.1. The Morgan fingerprint density at radius 3 is 3.10 bits per heavy atom. The van der Waals surface area contributed by atoms with E-state index in [1.54, 1.807) is 30.1 Å². The van der Waals surface area contributed by atoms with Crippen molar-refractivity contribution in [3.05, 3.63) is 46.2 Å². The Kier molecular flexibility index (Phi) is 7.53. The second kappa shape index (κ2) is 9.50. The topological polar surface area (TPSA) is 100 Å². The van der Waals surface area contributed by atoms with Crippen molar-refractivity contribution in [2.75, 3.05) is 18.8 Å². The third kappa shape index (κ3) is 7.08. The number of hydrogen-bond donors (Lipinski definition) is 3. The van der Waals surface area contributed by atoms with Crippen LogP contribution in [0.5, 0.6) is 5.75 Å². The minimum atomic E-state index is -0.551. The van der Waals surface area contributed by atoms with E-state index in [1.165, 1.54) is 0 Å². The summed E-state index contributed by atoms with van der Waals surface area (Å²) in [6.07, 6.45) is 7.55. The van der Waals surface area contributed by atoms with Gasteiger partial charge in [-0.15, -0.1) is 6.42 Å². The van der Waals surface area contributed by atoms with Crippen LogP contribution >= 0.6 is 11.8 Å². The Labute approximate surface area is 127 Å². The molecule has 1 heterocycles. The largest absolute Gasteiger partial charge is 0.506 e. The maximum absolute atomic E-state index is 10.4. The van der Waals surface area contributed by atoms with E-state index < -0.39 is 4.92 Å². The van der Waals surface area contributed by atoms with E-state index in [0.29, 0.717) is 23.7 Å². The van der Waals surface area contributed by atoms with Crippen LogP contribution in [0.15, 0.2) is 30.4 Å². The Morgan fingerprint density at radius 1 is 1.62 bits per heavy atom. The summed E-state index contributed by atoms with van der Waals surface area (Å²) in [6, 6.07) is 3.25. The van der Waals surface area contributed by atoms with Gasteiger partial charge in [0.15, 0.2) is 5.82 Å². The number of aromatic nitrogens is 1. The molecule has 0 spiro atoms. The first-order chi connectivity index (χ1) is 10.1. The fraction of sp³-hybridized carbons (Fsp3) is 0.308. The average molecular weight is 308 g/mol. The minimum Gasteiger partial charge on any atom is -0.506 e. The normalized spacial score (nSPS) is 10.7. The second-order valence-electron chi connectivity index (χ2n) is 3.83. The van der Waals surface area contributed by atoms with E-state index in [4.69, 9.17) is 6.42 Å². The van der Waals surface area contributed by atoms with Crippen molar-refractivity contribution < 1.29 is 10.0 Å². The lowest BCUT2D eigenvalue weighted by Crippen LogP contribution is -2.29. The van der Waals surface area contributed by atoms with Gasteiger partial charge in [0.05, 0.1) is 17.2 Å². The molecular weight excluding hydrogens is 292 g/mol. The summed E-state index contributed by atoms with van der Waals surface area (Å²) in [5.41, 5.74) is 0.619. The van der Waals surface area contributed by atoms with Crippen LogP contribution in [0.25, 0.3) is 0 Å². The molecule has 3 N–H and O–H groups in total. The lowest BCUT2D eigenvalue weighted by Gasteiger charge is -2.09. The third-order valence-electron chi connectivity index (χ3n) is 2.28. The predicted octanol–water partition coefficient (Wildman–Crippen LogP) is 0.908. The van der Waals surface area contributed by atoms with Gasteiger partial charge >= 0.3 is 0 Å². The van der Waals surface area contributed by atoms with Gasteiger partial charge in [-0.2, -0.15) is 11.8 Å². The van der Waals surface area contributed by atoms with Crippen LogP contribution in [-0.2, 0) is 5.75 Å². The van der Waals surface area contributed by atoms with Crippen LogP contribution in [-0.4, -0.2) is 33.9 Å². The number of thioether (sulfide) groups is 1.